The lowest BCUT2D eigenvalue weighted by Gasteiger charge is -2.18. The molecule has 0 aliphatic carbocycles. The van der Waals surface area contributed by atoms with Crippen molar-refractivity contribution < 1.29 is 21.6 Å². The molecule has 0 atom stereocenters. The molecule has 1 aromatic heterocycles. The number of rotatable bonds is 3. The first kappa shape index (κ1) is 19.2. The number of halogens is 3. The van der Waals surface area contributed by atoms with Gasteiger partial charge in [-0.25, -0.2) is 18.2 Å². The van der Waals surface area contributed by atoms with Gasteiger partial charge in [0.1, 0.15) is 4.90 Å². The molecule has 29 heavy (non-hydrogen) atoms. The van der Waals surface area contributed by atoms with Crippen LogP contribution in [0.4, 0.5) is 13.2 Å². The highest BCUT2D eigenvalue weighted by atomic mass is 32.2. The summed E-state index contributed by atoms with van der Waals surface area (Å²) in [7, 11) is -4.48. The van der Waals surface area contributed by atoms with Crippen molar-refractivity contribution in [3.8, 4) is 16.8 Å². The molecule has 0 saturated heterocycles. The lowest BCUT2D eigenvalue weighted by molar-refractivity contribution is -0.137. The molecule has 0 radical (unpaired) electrons. The van der Waals surface area contributed by atoms with Gasteiger partial charge in [-0.05, 0) is 46.2 Å². The summed E-state index contributed by atoms with van der Waals surface area (Å²) >= 11 is 0. The van der Waals surface area contributed by atoms with E-state index in [-0.39, 0.29) is 5.56 Å². The maximum absolute atomic E-state index is 13.9. The minimum atomic E-state index is -4.83. The molecule has 0 fully saturated rings. The predicted molar refractivity (Wildman–Crippen MR) is 103 cm³/mol. The molecule has 0 aliphatic rings. The van der Waals surface area contributed by atoms with Crippen molar-refractivity contribution in [2.24, 2.45) is 5.14 Å². The Kier molecular flexibility index (Phi) is 4.44. The van der Waals surface area contributed by atoms with E-state index in [2.05, 4.69) is 5.10 Å². The summed E-state index contributed by atoms with van der Waals surface area (Å²) in [4.78, 5) is -0.654. The first-order chi connectivity index (χ1) is 13.6. The van der Waals surface area contributed by atoms with Gasteiger partial charge in [0.15, 0.2) is 0 Å². The molecular formula is C20H14F3N3O2S. The van der Waals surface area contributed by atoms with Crippen LogP contribution in [0.3, 0.4) is 0 Å². The third kappa shape index (κ3) is 3.62. The van der Waals surface area contributed by atoms with Gasteiger partial charge < -0.3 is 0 Å². The smallest absolute Gasteiger partial charge is 0.239 e. The number of nitrogens with zero attached hydrogens (tertiary/aromatic N) is 2. The fourth-order valence-electron chi connectivity index (χ4n) is 3.21. The van der Waals surface area contributed by atoms with Crippen molar-refractivity contribution in [1.29, 1.82) is 0 Å². The largest absolute Gasteiger partial charge is 0.418 e. The number of fused-ring (bicyclic) bond motifs is 1. The first-order valence-electron chi connectivity index (χ1n) is 8.42. The van der Waals surface area contributed by atoms with Crippen LogP contribution in [-0.4, -0.2) is 18.2 Å². The molecular weight excluding hydrogens is 403 g/mol. The molecule has 0 amide bonds. The topological polar surface area (TPSA) is 78.0 Å². The number of benzene rings is 3. The SMILES string of the molecule is NS(=O)(=O)c1cc(-c2ccc3ccccc3c2)cc(C(F)(F)F)c1-n1cccn1. The maximum Gasteiger partial charge on any atom is 0.418 e. The van der Waals surface area contributed by atoms with Crippen LogP contribution < -0.4 is 5.14 Å². The Balaban J connectivity index is 2.06. The fourth-order valence-corrected chi connectivity index (χ4v) is 3.98. The monoisotopic (exact) mass is 417 g/mol. The van der Waals surface area contributed by atoms with Crippen molar-refractivity contribution in [3.05, 3.63) is 78.6 Å². The lowest BCUT2D eigenvalue weighted by atomic mass is 9.98. The van der Waals surface area contributed by atoms with Gasteiger partial charge in [-0.15, -0.1) is 0 Å². The van der Waals surface area contributed by atoms with Crippen molar-refractivity contribution in [2.45, 2.75) is 11.1 Å². The van der Waals surface area contributed by atoms with Gasteiger partial charge in [0, 0.05) is 12.4 Å². The van der Waals surface area contributed by atoms with Crippen LogP contribution in [0.25, 0.3) is 27.6 Å². The average Bonchev–Trinajstić information content (AvgIpc) is 3.19. The van der Waals surface area contributed by atoms with E-state index in [0.29, 0.717) is 5.56 Å². The zero-order valence-corrected chi connectivity index (χ0v) is 15.6. The molecule has 4 rings (SSSR count). The standard InChI is InChI=1S/C20H14F3N3O2S/c21-20(22,23)17-11-16(15-7-6-13-4-1-2-5-14(13)10-15)12-18(29(24,27)28)19(17)26-9-3-8-25-26/h1-12H,(H2,24,27,28). The van der Waals surface area contributed by atoms with Gasteiger partial charge in [0.25, 0.3) is 0 Å². The number of hydrogen-bond donors (Lipinski definition) is 1. The molecule has 148 valence electrons. The van der Waals surface area contributed by atoms with Crippen LogP contribution in [0.1, 0.15) is 5.56 Å². The molecule has 0 spiro atoms. The molecule has 4 aromatic rings. The Morgan fingerprint density at radius 1 is 0.897 bits per heavy atom. The summed E-state index contributed by atoms with van der Waals surface area (Å²) in [6.07, 6.45) is -2.34. The molecule has 1 heterocycles. The molecule has 5 nitrogen and oxygen atoms in total. The van der Waals surface area contributed by atoms with Gasteiger partial charge in [-0.3, -0.25) is 0 Å². The van der Waals surface area contributed by atoms with E-state index >= 15 is 0 Å². The van der Waals surface area contributed by atoms with Crippen molar-refractivity contribution in [1.82, 2.24) is 9.78 Å². The Bertz CT molecular complexity index is 1310. The Morgan fingerprint density at radius 3 is 2.24 bits per heavy atom. The highest BCUT2D eigenvalue weighted by molar-refractivity contribution is 7.89. The Morgan fingerprint density at radius 2 is 1.62 bits per heavy atom. The number of aromatic nitrogens is 2. The van der Waals surface area contributed by atoms with E-state index in [4.69, 9.17) is 5.14 Å². The minimum absolute atomic E-state index is 0.0861. The highest BCUT2D eigenvalue weighted by Gasteiger charge is 2.38. The summed E-state index contributed by atoms with van der Waals surface area (Å²) < 4.78 is 66.9. The zero-order valence-electron chi connectivity index (χ0n) is 14.8. The summed E-state index contributed by atoms with van der Waals surface area (Å²) in [6.45, 7) is 0. The minimum Gasteiger partial charge on any atom is -0.239 e. The van der Waals surface area contributed by atoms with Crippen molar-refractivity contribution in [3.63, 3.8) is 0 Å². The van der Waals surface area contributed by atoms with Gasteiger partial charge >= 0.3 is 6.18 Å². The quantitative estimate of drug-likeness (QED) is 0.538. The maximum atomic E-state index is 13.9. The predicted octanol–water partition coefficient (Wildman–Crippen LogP) is 4.36. The van der Waals surface area contributed by atoms with Crippen LogP contribution in [-0.2, 0) is 16.2 Å². The number of primary sulfonamides is 1. The lowest BCUT2D eigenvalue weighted by Crippen LogP contribution is -2.20. The number of alkyl halides is 3. The second-order valence-corrected chi connectivity index (χ2v) is 7.96. The molecule has 2 N–H and O–H groups in total. The van der Waals surface area contributed by atoms with Crippen molar-refractivity contribution >= 4 is 20.8 Å². The summed E-state index contributed by atoms with van der Waals surface area (Å²) in [5.74, 6) is 0. The van der Waals surface area contributed by atoms with Gasteiger partial charge in [0.2, 0.25) is 10.0 Å². The summed E-state index contributed by atoms with van der Waals surface area (Å²) in [5.41, 5.74) is -1.25. The van der Waals surface area contributed by atoms with E-state index in [9.17, 15) is 21.6 Å². The molecule has 0 aliphatic heterocycles. The molecule has 0 unspecified atom stereocenters. The van der Waals surface area contributed by atoms with E-state index in [0.717, 1.165) is 27.6 Å². The summed E-state index contributed by atoms with van der Waals surface area (Å²) in [5, 5.41) is 10.8. The van der Waals surface area contributed by atoms with Crippen LogP contribution in [0.5, 0.6) is 0 Å². The van der Waals surface area contributed by atoms with Crippen LogP contribution in [0.2, 0.25) is 0 Å². The van der Waals surface area contributed by atoms with Gasteiger partial charge in [-0.1, -0.05) is 36.4 Å². The van der Waals surface area contributed by atoms with E-state index in [1.54, 1.807) is 18.2 Å². The van der Waals surface area contributed by atoms with Gasteiger partial charge in [0.05, 0.1) is 11.3 Å². The second-order valence-electron chi connectivity index (χ2n) is 6.43. The first-order valence-corrected chi connectivity index (χ1v) is 9.96. The van der Waals surface area contributed by atoms with E-state index < -0.39 is 32.3 Å². The van der Waals surface area contributed by atoms with Crippen LogP contribution in [0.15, 0.2) is 78.0 Å². The molecule has 0 saturated carbocycles. The number of hydrogen-bond acceptors (Lipinski definition) is 3. The molecule has 9 heteroatoms. The van der Waals surface area contributed by atoms with Crippen LogP contribution >= 0.6 is 0 Å². The Labute approximate surface area is 164 Å². The van der Waals surface area contributed by atoms with Gasteiger partial charge in [-0.2, -0.15) is 18.3 Å². The normalized spacial score (nSPS) is 12.4. The third-order valence-electron chi connectivity index (χ3n) is 4.50. The Hall–Kier alpha value is -3.17. The number of sulfonamides is 1. The summed E-state index contributed by atoms with van der Waals surface area (Å²) in [6, 6.07) is 15.9. The van der Waals surface area contributed by atoms with Crippen molar-refractivity contribution in [2.75, 3.05) is 0 Å². The molecule has 3 aromatic carbocycles. The highest BCUT2D eigenvalue weighted by Crippen LogP contribution is 2.40. The second kappa shape index (κ2) is 6.71. The average molecular weight is 417 g/mol. The number of nitrogens with two attached hydrogens (primary N) is 1. The van der Waals surface area contributed by atoms with E-state index in [1.807, 2.05) is 24.3 Å². The van der Waals surface area contributed by atoms with E-state index in [1.165, 1.54) is 18.5 Å². The fraction of sp³-hybridized carbons (Fsp3) is 0.0500. The third-order valence-corrected chi connectivity index (χ3v) is 5.43. The zero-order chi connectivity index (χ0) is 20.8. The molecule has 0 bridgehead atoms. The van der Waals surface area contributed by atoms with Crippen LogP contribution in [0, 0.1) is 0 Å².